The van der Waals surface area contributed by atoms with Crippen LogP contribution in [0, 0.1) is 6.92 Å². The predicted octanol–water partition coefficient (Wildman–Crippen LogP) is 1.99. The Kier molecular flexibility index (Phi) is 3.34. The molecule has 3 rings (SSSR count). The van der Waals surface area contributed by atoms with Gasteiger partial charge in [0.25, 0.3) is 5.56 Å². The molecule has 0 saturated carbocycles. The Hall–Kier alpha value is -1.68. The second-order valence-corrected chi connectivity index (χ2v) is 5.36. The van der Waals surface area contributed by atoms with Crippen molar-refractivity contribution >= 4 is 5.65 Å². The third-order valence-corrected chi connectivity index (χ3v) is 3.69. The minimum atomic E-state index is 0.0145. The van der Waals surface area contributed by atoms with Gasteiger partial charge >= 0.3 is 0 Å². The van der Waals surface area contributed by atoms with Crippen molar-refractivity contribution in [3.8, 4) is 0 Å². The Morgan fingerprint density at radius 2 is 2.00 bits per heavy atom. The predicted molar refractivity (Wildman–Crippen MR) is 75.3 cm³/mol. The van der Waals surface area contributed by atoms with Gasteiger partial charge in [0, 0.05) is 18.8 Å². The minimum Gasteiger partial charge on any atom is -0.298 e. The van der Waals surface area contributed by atoms with Crippen LogP contribution >= 0.6 is 0 Å². The first-order valence-electron chi connectivity index (χ1n) is 6.94. The molecule has 1 saturated heterocycles. The van der Waals surface area contributed by atoms with Crippen molar-refractivity contribution in [3.63, 3.8) is 0 Å². The molecule has 0 aromatic carbocycles. The van der Waals surface area contributed by atoms with Gasteiger partial charge in [-0.15, -0.1) is 0 Å². The number of piperidine rings is 1. The second kappa shape index (κ2) is 5.13. The summed E-state index contributed by atoms with van der Waals surface area (Å²) in [7, 11) is 0. The van der Waals surface area contributed by atoms with Gasteiger partial charge in [-0.2, -0.15) is 0 Å². The molecule has 1 aliphatic rings. The molecule has 0 spiro atoms. The van der Waals surface area contributed by atoms with Crippen LogP contribution in [0.3, 0.4) is 0 Å². The first-order chi connectivity index (χ1) is 9.22. The maximum atomic E-state index is 12.1. The van der Waals surface area contributed by atoms with Gasteiger partial charge < -0.3 is 0 Å². The van der Waals surface area contributed by atoms with E-state index in [4.69, 9.17) is 0 Å². The molecule has 1 aliphatic heterocycles. The highest BCUT2D eigenvalue weighted by Gasteiger charge is 2.12. The summed E-state index contributed by atoms with van der Waals surface area (Å²) in [6, 6.07) is 5.57. The minimum absolute atomic E-state index is 0.0145. The number of likely N-dealkylation sites (tertiary alicyclic amines) is 1. The monoisotopic (exact) mass is 257 g/mol. The molecule has 3 heterocycles. The molecular formula is C15H19N3O. The Balaban J connectivity index is 1.92. The van der Waals surface area contributed by atoms with Crippen LogP contribution in [0.1, 0.15) is 30.5 Å². The molecular weight excluding hydrogens is 238 g/mol. The fraction of sp³-hybridized carbons (Fsp3) is 0.467. The average Bonchev–Trinajstić information content (AvgIpc) is 2.41. The molecule has 0 radical (unpaired) electrons. The summed E-state index contributed by atoms with van der Waals surface area (Å²) in [5.74, 6) is 0. The number of hydrogen-bond acceptors (Lipinski definition) is 3. The zero-order valence-electron chi connectivity index (χ0n) is 11.3. The summed E-state index contributed by atoms with van der Waals surface area (Å²) in [4.78, 5) is 19.1. The normalized spacial score (nSPS) is 16.9. The van der Waals surface area contributed by atoms with E-state index >= 15 is 0 Å². The highest BCUT2D eigenvalue weighted by Crippen LogP contribution is 2.11. The maximum Gasteiger partial charge on any atom is 0.258 e. The topological polar surface area (TPSA) is 37.6 Å². The number of aryl methyl sites for hydroxylation is 1. The van der Waals surface area contributed by atoms with E-state index in [9.17, 15) is 4.79 Å². The summed E-state index contributed by atoms with van der Waals surface area (Å²) >= 11 is 0. The van der Waals surface area contributed by atoms with Crippen molar-refractivity contribution in [1.29, 1.82) is 0 Å². The molecule has 0 unspecified atom stereocenters. The van der Waals surface area contributed by atoms with Crippen LogP contribution in [0.5, 0.6) is 0 Å². The average molecular weight is 257 g/mol. The molecule has 4 heteroatoms. The number of nitrogens with zero attached hydrogens (tertiary/aromatic N) is 3. The molecule has 2 aromatic rings. The van der Waals surface area contributed by atoms with Crippen molar-refractivity contribution in [1.82, 2.24) is 14.3 Å². The Bertz CT molecular complexity index is 641. The number of fused-ring (bicyclic) bond motifs is 1. The summed E-state index contributed by atoms with van der Waals surface area (Å²) in [6.07, 6.45) is 5.68. The van der Waals surface area contributed by atoms with E-state index in [0.717, 1.165) is 36.5 Å². The van der Waals surface area contributed by atoms with Crippen LogP contribution in [0.4, 0.5) is 0 Å². The van der Waals surface area contributed by atoms with Crippen LogP contribution in [-0.2, 0) is 6.54 Å². The Morgan fingerprint density at radius 3 is 2.79 bits per heavy atom. The summed E-state index contributed by atoms with van der Waals surface area (Å²) in [5, 5.41) is 0. The van der Waals surface area contributed by atoms with Gasteiger partial charge in [-0.3, -0.25) is 14.1 Å². The first-order valence-corrected chi connectivity index (χ1v) is 6.94. The van der Waals surface area contributed by atoms with Gasteiger partial charge in [0.2, 0.25) is 0 Å². The zero-order valence-corrected chi connectivity index (χ0v) is 11.3. The number of hydrogen-bond donors (Lipinski definition) is 0. The van der Waals surface area contributed by atoms with Gasteiger partial charge in [0.15, 0.2) is 0 Å². The molecule has 19 heavy (non-hydrogen) atoms. The van der Waals surface area contributed by atoms with Gasteiger partial charge in [-0.05, 0) is 44.5 Å². The lowest BCUT2D eigenvalue weighted by Crippen LogP contribution is -2.30. The van der Waals surface area contributed by atoms with E-state index in [-0.39, 0.29) is 5.56 Å². The first kappa shape index (κ1) is 12.4. The van der Waals surface area contributed by atoms with Crippen LogP contribution in [-0.4, -0.2) is 27.4 Å². The van der Waals surface area contributed by atoms with Crippen molar-refractivity contribution < 1.29 is 0 Å². The van der Waals surface area contributed by atoms with Crippen molar-refractivity contribution in [2.75, 3.05) is 13.1 Å². The van der Waals surface area contributed by atoms with E-state index in [1.807, 2.05) is 25.3 Å². The largest absolute Gasteiger partial charge is 0.298 e. The van der Waals surface area contributed by atoms with Gasteiger partial charge in [0.1, 0.15) is 5.65 Å². The Labute approximate surface area is 112 Å². The maximum absolute atomic E-state index is 12.1. The van der Waals surface area contributed by atoms with E-state index in [1.165, 1.54) is 19.3 Å². The SMILES string of the molecule is Cc1ccc2nc(CN3CCCCC3)cc(=O)n2c1. The molecule has 4 nitrogen and oxygen atoms in total. The lowest BCUT2D eigenvalue weighted by molar-refractivity contribution is 0.218. The van der Waals surface area contributed by atoms with Gasteiger partial charge in [0.05, 0.1) is 5.69 Å². The van der Waals surface area contributed by atoms with Crippen LogP contribution < -0.4 is 5.56 Å². The molecule has 100 valence electrons. The van der Waals surface area contributed by atoms with E-state index in [0.29, 0.717) is 0 Å². The number of aromatic nitrogens is 2. The van der Waals surface area contributed by atoms with Crippen molar-refractivity contribution in [2.24, 2.45) is 0 Å². The van der Waals surface area contributed by atoms with Crippen LogP contribution in [0.25, 0.3) is 5.65 Å². The summed E-state index contributed by atoms with van der Waals surface area (Å²) < 4.78 is 1.62. The van der Waals surface area contributed by atoms with E-state index in [2.05, 4.69) is 9.88 Å². The van der Waals surface area contributed by atoms with Crippen molar-refractivity contribution in [2.45, 2.75) is 32.7 Å². The molecule has 1 fully saturated rings. The number of rotatable bonds is 2. The second-order valence-electron chi connectivity index (χ2n) is 5.36. The third kappa shape index (κ3) is 2.68. The standard InChI is InChI=1S/C15H19N3O/c1-12-5-6-14-16-13(9-15(19)18(14)10-12)11-17-7-3-2-4-8-17/h5-6,9-10H,2-4,7-8,11H2,1H3. The molecule has 0 atom stereocenters. The summed E-state index contributed by atoms with van der Waals surface area (Å²) in [6.45, 7) is 5.01. The highest BCUT2D eigenvalue weighted by atomic mass is 16.1. The molecule has 2 aromatic heterocycles. The fourth-order valence-corrected chi connectivity index (χ4v) is 2.69. The lowest BCUT2D eigenvalue weighted by atomic mass is 10.1. The third-order valence-electron chi connectivity index (χ3n) is 3.69. The number of pyridine rings is 1. The lowest BCUT2D eigenvalue weighted by Gasteiger charge is -2.25. The Morgan fingerprint density at radius 1 is 1.21 bits per heavy atom. The molecule has 0 bridgehead atoms. The van der Waals surface area contributed by atoms with Crippen LogP contribution in [0.2, 0.25) is 0 Å². The molecule has 0 N–H and O–H groups in total. The smallest absolute Gasteiger partial charge is 0.258 e. The summed E-state index contributed by atoms with van der Waals surface area (Å²) in [5.41, 5.74) is 2.71. The van der Waals surface area contributed by atoms with E-state index < -0.39 is 0 Å². The van der Waals surface area contributed by atoms with Gasteiger partial charge in [-0.25, -0.2) is 4.98 Å². The van der Waals surface area contributed by atoms with Gasteiger partial charge in [-0.1, -0.05) is 12.5 Å². The van der Waals surface area contributed by atoms with Crippen molar-refractivity contribution in [3.05, 3.63) is 46.0 Å². The van der Waals surface area contributed by atoms with E-state index in [1.54, 1.807) is 10.5 Å². The quantitative estimate of drug-likeness (QED) is 0.825. The van der Waals surface area contributed by atoms with Crippen LogP contribution in [0.15, 0.2) is 29.2 Å². The molecule has 0 amide bonds. The highest BCUT2D eigenvalue weighted by molar-refractivity contribution is 5.39. The zero-order chi connectivity index (χ0) is 13.2. The molecule has 0 aliphatic carbocycles. The fourth-order valence-electron chi connectivity index (χ4n) is 2.69.